The van der Waals surface area contributed by atoms with Crippen molar-refractivity contribution < 1.29 is 19.4 Å². The van der Waals surface area contributed by atoms with Gasteiger partial charge in [0.25, 0.3) is 0 Å². The molecule has 1 N–H and O–H groups in total. The predicted octanol–water partition coefficient (Wildman–Crippen LogP) is 3.01. The summed E-state index contributed by atoms with van der Waals surface area (Å²) in [7, 11) is 0. The Labute approximate surface area is 146 Å². The number of rotatable bonds is 6. The van der Waals surface area contributed by atoms with Crippen molar-refractivity contribution in [1.29, 1.82) is 0 Å². The highest BCUT2D eigenvalue weighted by Gasteiger charge is 2.34. The number of aryl methyl sites for hydroxylation is 1. The average Bonchev–Trinajstić information content (AvgIpc) is 2.95. The van der Waals surface area contributed by atoms with E-state index in [2.05, 4.69) is 6.07 Å². The summed E-state index contributed by atoms with van der Waals surface area (Å²) in [5, 5.41) is 9.06. The minimum absolute atomic E-state index is 0.0822. The van der Waals surface area contributed by atoms with Gasteiger partial charge in [0.05, 0.1) is 5.92 Å². The number of carboxylic acids is 1. The number of ether oxygens (including phenoxy) is 1. The monoisotopic (exact) mass is 339 g/mol. The van der Waals surface area contributed by atoms with Gasteiger partial charge < -0.3 is 14.7 Å². The minimum Gasteiger partial charge on any atom is -0.489 e. The van der Waals surface area contributed by atoms with Gasteiger partial charge in [-0.25, -0.2) is 0 Å². The second kappa shape index (κ2) is 7.38. The summed E-state index contributed by atoms with van der Waals surface area (Å²) in [4.78, 5) is 24.6. The summed E-state index contributed by atoms with van der Waals surface area (Å²) in [5.74, 6) is -0.890. The third-order valence-corrected chi connectivity index (χ3v) is 4.32. The summed E-state index contributed by atoms with van der Waals surface area (Å²) in [6.45, 7) is 3.20. The van der Waals surface area contributed by atoms with Crippen LogP contribution in [0.5, 0.6) is 5.75 Å². The number of nitrogens with zero attached hydrogens (tertiary/aromatic N) is 1. The molecular formula is C20H21NO4. The molecule has 1 fully saturated rings. The minimum atomic E-state index is -0.911. The molecule has 0 aromatic heterocycles. The van der Waals surface area contributed by atoms with E-state index in [0.717, 1.165) is 16.9 Å². The molecule has 2 aromatic carbocycles. The zero-order valence-corrected chi connectivity index (χ0v) is 14.1. The molecule has 0 bridgehead atoms. The molecule has 0 spiro atoms. The number of carboxylic acid groups (broad SMARTS) is 1. The molecule has 1 unspecified atom stereocenters. The van der Waals surface area contributed by atoms with Gasteiger partial charge >= 0.3 is 5.97 Å². The topological polar surface area (TPSA) is 66.8 Å². The molecular weight excluding hydrogens is 318 g/mol. The van der Waals surface area contributed by atoms with Crippen molar-refractivity contribution >= 4 is 11.9 Å². The first kappa shape index (κ1) is 17.0. The fourth-order valence-corrected chi connectivity index (χ4v) is 3.01. The van der Waals surface area contributed by atoms with Crippen LogP contribution < -0.4 is 4.74 Å². The van der Waals surface area contributed by atoms with Crippen molar-refractivity contribution in [1.82, 2.24) is 4.90 Å². The first-order valence-corrected chi connectivity index (χ1v) is 8.29. The maximum Gasteiger partial charge on any atom is 0.308 e. The van der Waals surface area contributed by atoms with Crippen LogP contribution in [-0.4, -0.2) is 28.4 Å². The van der Waals surface area contributed by atoms with Gasteiger partial charge in [0, 0.05) is 19.5 Å². The Bertz CT molecular complexity index is 787. The molecule has 1 amide bonds. The first-order chi connectivity index (χ1) is 12.0. The van der Waals surface area contributed by atoms with E-state index in [9.17, 15) is 9.59 Å². The summed E-state index contributed by atoms with van der Waals surface area (Å²) >= 11 is 0. The first-order valence-electron chi connectivity index (χ1n) is 8.29. The van der Waals surface area contributed by atoms with Crippen molar-refractivity contribution in [3.63, 3.8) is 0 Å². The lowest BCUT2D eigenvalue weighted by Gasteiger charge is -2.16. The summed E-state index contributed by atoms with van der Waals surface area (Å²) < 4.78 is 5.84. The highest BCUT2D eigenvalue weighted by atomic mass is 16.5. The van der Waals surface area contributed by atoms with Gasteiger partial charge in [-0.15, -0.1) is 0 Å². The molecule has 1 aliphatic rings. The molecule has 130 valence electrons. The molecule has 2 aromatic rings. The Kier molecular flexibility index (Phi) is 5.03. The van der Waals surface area contributed by atoms with Gasteiger partial charge in [-0.1, -0.05) is 42.0 Å². The van der Waals surface area contributed by atoms with Crippen LogP contribution in [0.1, 0.15) is 23.1 Å². The molecule has 0 saturated carbocycles. The number of carbonyl (C=O) groups is 2. The second-order valence-corrected chi connectivity index (χ2v) is 6.44. The quantitative estimate of drug-likeness (QED) is 0.878. The maximum absolute atomic E-state index is 12.0. The standard InChI is InChI=1S/C20H21NO4/c1-14-4-2-6-16(8-14)13-25-18-7-3-5-15(9-18)11-21-12-17(20(23)24)10-19(21)22/h2-9,17H,10-13H2,1H3,(H,23,24). The smallest absolute Gasteiger partial charge is 0.308 e. The zero-order chi connectivity index (χ0) is 17.8. The summed E-state index contributed by atoms with van der Waals surface area (Å²) in [6, 6.07) is 15.7. The van der Waals surface area contributed by atoms with Crippen LogP contribution in [0.15, 0.2) is 48.5 Å². The van der Waals surface area contributed by atoms with Crippen LogP contribution in [0.4, 0.5) is 0 Å². The van der Waals surface area contributed by atoms with Gasteiger partial charge in [-0.05, 0) is 30.2 Å². The van der Waals surface area contributed by atoms with E-state index in [1.165, 1.54) is 5.56 Å². The largest absolute Gasteiger partial charge is 0.489 e. The van der Waals surface area contributed by atoms with Gasteiger partial charge in [-0.2, -0.15) is 0 Å². The zero-order valence-electron chi connectivity index (χ0n) is 14.1. The lowest BCUT2D eigenvalue weighted by atomic mass is 10.1. The van der Waals surface area contributed by atoms with Crippen LogP contribution in [-0.2, 0) is 22.7 Å². The fourth-order valence-electron chi connectivity index (χ4n) is 3.01. The number of hydrogen-bond acceptors (Lipinski definition) is 3. The van der Waals surface area contributed by atoms with Crippen LogP contribution in [0.2, 0.25) is 0 Å². The van der Waals surface area contributed by atoms with Crippen LogP contribution in [0.25, 0.3) is 0 Å². The number of benzene rings is 2. The average molecular weight is 339 g/mol. The molecule has 1 aliphatic heterocycles. The lowest BCUT2D eigenvalue weighted by Crippen LogP contribution is -2.25. The van der Waals surface area contributed by atoms with Crippen molar-refractivity contribution in [2.75, 3.05) is 6.54 Å². The SMILES string of the molecule is Cc1cccc(COc2cccc(CN3CC(C(=O)O)CC3=O)c2)c1. The fraction of sp³-hybridized carbons (Fsp3) is 0.300. The number of hydrogen-bond donors (Lipinski definition) is 1. The molecule has 1 atom stereocenters. The Morgan fingerprint density at radius 3 is 2.68 bits per heavy atom. The predicted molar refractivity (Wildman–Crippen MR) is 93.1 cm³/mol. The van der Waals surface area contributed by atoms with E-state index >= 15 is 0 Å². The molecule has 1 saturated heterocycles. The van der Waals surface area contributed by atoms with E-state index in [4.69, 9.17) is 9.84 Å². The van der Waals surface area contributed by atoms with Crippen molar-refractivity contribution in [2.24, 2.45) is 5.92 Å². The molecule has 1 heterocycles. The maximum atomic E-state index is 12.0. The van der Waals surface area contributed by atoms with E-state index in [-0.39, 0.29) is 18.9 Å². The van der Waals surface area contributed by atoms with Gasteiger partial charge in [0.2, 0.25) is 5.91 Å². The molecule has 3 rings (SSSR count). The van der Waals surface area contributed by atoms with Gasteiger partial charge in [-0.3, -0.25) is 9.59 Å². The van der Waals surface area contributed by atoms with Crippen LogP contribution in [0.3, 0.4) is 0 Å². The molecule has 0 aliphatic carbocycles. The van der Waals surface area contributed by atoms with Crippen molar-refractivity contribution in [3.05, 3.63) is 65.2 Å². The molecule has 5 nitrogen and oxygen atoms in total. The van der Waals surface area contributed by atoms with E-state index in [1.807, 2.05) is 49.4 Å². The lowest BCUT2D eigenvalue weighted by molar-refractivity contribution is -0.141. The van der Waals surface area contributed by atoms with Gasteiger partial charge in [0.15, 0.2) is 0 Å². The number of carbonyl (C=O) groups excluding carboxylic acids is 1. The molecule has 5 heteroatoms. The third-order valence-electron chi connectivity index (χ3n) is 4.32. The van der Waals surface area contributed by atoms with E-state index in [0.29, 0.717) is 13.2 Å². The Hall–Kier alpha value is -2.82. The Morgan fingerprint density at radius 2 is 1.96 bits per heavy atom. The van der Waals surface area contributed by atoms with Gasteiger partial charge in [0.1, 0.15) is 12.4 Å². The highest BCUT2D eigenvalue weighted by molar-refractivity contribution is 5.86. The molecule has 0 radical (unpaired) electrons. The highest BCUT2D eigenvalue weighted by Crippen LogP contribution is 2.22. The number of amides is 1. The van der Waals surface area contributed by atoms with Crippen molar-refractivity contribution in [2.45, 2.75) is 26.5 Å². The summed E-state index contributed by atoms with van der Waals surface area (Å²) in [6.07, 6.45) is 0.0822. The second-order valence-electron chi connectivity index (χ2n) is 6.44. The van der Waals surface area contributed by atoms with Crippen LogP contribution >= 0.6 is 0 Å². The number of aliphatic carboxylic acids is 1. The van der Waals surface area contributed by atoms with E-state index < -0.39 is 11.9 Å². The van der Waals surface area contributed by atoms with E-state index in [1.54, 1.807) is 4.90 Å². The van der Waals surface area contributed by atoms with Crippen LogP contribution in [0, 0.1) is 12.8 Å². The normalized spacial score (nSPS) is 16.9. The molecule has 25 heavy (non-hydrogen) atoms. The Morgan fingerprint density at radius 1 is 1.20 bits per heavy atom. The number of likely N-dealkylation sites (tertiary alicyclic amines) is 1. The third kappa shape index (κ3) is 4.38. The Balaban J connectivity index is 1.62. The van der Waals surface area contributed by atoms with Crippen molar-refractivity contribution in [3.8, 4) is 5.75 Å². The summed E-state index contributed by atoms with van der Waals surface area (Å²) in [5.41, 5.74) is 3.22.